The molecule has 2 N–H and O–H groups in total. The van der Waals surface area contributed by atoms with Crippen LogP contribution in [-0.2, 0) is 0 Å². The number of aromatic nitrogens is 1. The Kier molecular flexibility index (Phi) is 10.7. The lowest BCUT2D eigenvalue weighted by Crippen LogP contribution is -2.49. The fourth-order valence-corrected chi connectivity index (χ4v) is 3.19. The van der Waals surface area contributed by atoms with E-state index in [1.165, 1.54) is 5.56 Å². The average molecular weight is 434 g/mol. The molecule has 27 heavy (non-hydrogen) atoms. The van der Waals surface area contributed by atoms with Crippen molar-refractivity contribution in [1.29, 1.82) is 0 Å². The number of carbonyl (C=O) groups is 1. The summed E-state index contributed by atoms with van der Waals surface area (Å²) in [7, 11) is 0. The Morgan fingerprint density at radius 1 is 1.11 bits per heavy atom. The number of piperazine rings is 1. The smallest absolute Gasteiger partial charge is 0.254 e. The molecule has 0 spiro atoms. The van der Waals surface area contributed by atoms with Crippen molar-refractivity contribution in [2.45, 2.75) is 19.9 Å². The second-order valence-electron chi connectivity index (χ2n) is 6.36. The van der Waals surface area contributed by atoms with Crippen LogP contribution in [0.2, 0.25) is 0 Å². The third kappa shape index (κ3) is 5.98. The summed E-state index contributed by atoms with van der Waals surface area (Å²) in [6.07, 6.45) is 3.71. The Bertz CT molecular complexity index is 722. The SMILES string of the molecule is Cc1ccc(N)cc1C(=O)N1CCN(C(C)c2cccnc2)CC1.Cl.Cl.Cl. The van der Waals surface area contributed by atoms with Gasteiger partial charge in [0.2, 0.25) is 0 Å². The number of pyridine rings is 1. The molecule has 0 aliphatic carbocycles. The molecule has 0 bridgehead atoms. The molecule has 2 heterocycles. The summed E-state index contributed by atoms with van der Waals surface area (Å²) in [6.45, 7) is 7.34. The Balaban J connectivity index is 0.00000225. The zero-order valence-electron chi connectivity index (χ0n) is 15.5. The van der Waals surface area contributed by atoms with E-state index in [1.54, 1.807) is 12.3 Å². The largest absolute Gasteiger partial charge is 0.399 e. The van der Waals surface area contributed by atoms with E-state index < -0.39 is 0 Å². The minimum atomic E-state index is 0. The highest BCUT2D eigenvalue weighted by atomic mass is 35.5. The molecule has 1 aliphatic rings. The van der Waals surface area contributed by atoms with Crippen molar-refractivity contribution < 1.29 is 4.79 Å². The number of rotatable bonds is 3. The van der Waals surface area contributed by atoms with Crippen LogP contribution in [-0.4, -0.2) is 46.9 Å². The van der Waals surface area contributed by atoms with Crippen molar-refractivity contribution in [3.63, 3.8) is 0 Å². The zero-order valence-corrected chi connectivity index (χ0v) is 17.9. The van der Waals surface area contributed by atoms with Crippen molar-refractivity contribution in [2.75, 3.05) is 31.9 Å². The number of nitrogens with zero attached hydrogens (tertiary/aromatic N) is 3. The van der Waals surface area contributed by atoms with E-state index in [4.69, 9.17) is 5.73 Å². The van der Waals surface area contributed by atoms with Gasteiger partial charge in [0, 0.05) is 55.9 Å². The van der Waals surface area contributed by atoms with Gasteiger partial charge in [-0.3, -0.25) is 14.7 Å². The van der Waals surface area contributed by atoms with E-state index in [9.17, 15) is 4.79 Å². The van der Waals surface area contributed by atoms with Crippen molar-refractivity contribution in [3.05, 3.63) is 59.4 Å². The molecule has 1 unspecified atom stereocenters. The topological polar surface area (TPSA) is 62.5 Å². The van der Waals surface area contributed by atoms with Crippen molar-refractivity contribution in [3.8, 4) is 0 Å². The lowest BCUT2D eigenvalue weighted by molar-refractivity contribution is 0.0581. The Morgan fingerprint density at radius 2 is 1.78 bits per heavy atom. The molecule has 1 aromatic heterocycles. The predicted molar refractivity (Wildman–Crippen MR) is 117 cm³/mol. The van der Waals surface area contributed by atoms with Crippen molar-refractivity contribution >= 4 is 48.8 Å². The lowest BCUT2D eigenvalue weighted by atomic mass is 10.1. The van der Waals surface area contributed by atoms with Crippen molar-refractivity contribution in [1.82, 2.24) is 14.8 Å². The van der Waals surface area contributed by atoms with Gasteiger partial charge in [-0.25, -0.2) is 0 Å². The Morgan fingerprint density at radius 3 is 2.37 bits per heavy atom. The quantitative estimate of drug-likeness (QED) is 0.749. The van der Waals surface area contributed by atoms with E-state index >= 15 is 0 Å². The van der Waals surface area contributed by atoms with Gasteiger partial charge in [-0.1, -0.05) is 12.1 Å². The number of aryl methyl sites for hydroxylation is 1. The summed E-state index contributed by atoms with van der Waals surface area (Å²) in [6, 6.07) is 9.90. The second kappa shape index (κ2) is 11.3. The molecule has 1 atom stereocenters. The third-order valence-corrected chi connectivity index (χ3v) is 4.81. The first kappa shape index (κ1) is 25.5. The number of amides is 1. The van der Waals surface area contributed by atoms with Gasteiger partial charge in [0.1, 0.15) is 0 Å². The summed E-state index contributed by atoms with van der Waals surface area (Å²) in [5, 5.41) is 0. The second-order valence-corrected chi connectivity index (χ2v) is 6.36. The number of benzene rings is 1. The predicted octanol–water partition coefficient (Wildman–Crippen LogP) is 3.76. The van der Waals surface area contributed by atoms with Crippen molar-refractivity contribution in [2.24, 2.45) is 0 Å². The van der Waals surface area contributed by atoms with Gasteiger partial charge in [0.25, 0.3) is 5.91 Å². The minimum Gasteiger partial charge on any atom is -0.399 e. The van der Waals surface area contributed by atoms with Crippen LogP contribution in [0.4, 0.5) is 5.69 Å². The molecule has 1 fully saturated rings. The van der Waals surface area contributed by atoms with Gasteiger partial charge in [-0.05, 0) is 43.2 Å². The number of hydrogen-bond acceptors (Lipinski definition) is 4. The number of hydrogen-bond donors (Lipinski definition) is 1. The van der Waals surface area contributed by atoms with Gasteiger partial charge in [0.15, 0.2) is 0 Å². The summed E-state index contributed by atoms with van der Waals surface area (Å²) >= 11 is 0. The molecule has 1 amide bonds. The van der Waals surface area contributed by atoms with Crippen LogP contribution in [0.5, 0.6) is 0 Å². The summed E-state index contributed by atoms with van der Waals surface area (Å²) in [5.74, 6) is 0.0773. The molecule has 150 valence electrons. The van der Waals surface area contributed by atoms with Gasteiger partial charge < -0.3 is 10.6 Å². The maximum atomic E-state index is 12.8. The lowest BCUT2D eigenvalue weighted by Gasteiger charge is -2.38. The van der Waals surface area contributed by atoms with Crippen LogP contribution in [0.3, 0.4) is 0 Å². The van der Waals surface area contributed by atoms with Crippen LogP contribution in [0.1, 0.15) is 34.5 Å². The molecule has 1 saturated heterocycles. The van der Waals surface area contributed by atoms with Gasteiger partial charge in [0.05, 0.1) is 0 Å². The van der Waals surface area contributed by atoms with E-state index in [2.05, 4.69) is 22.9 Å². The number of halogens is 3. The monoisotopic (exact) mass is 432 g/mol. The number of nitrogens with two attached hydrogens (primary N) is 1. The first-order valence-corrected chi connectivity index (χ1v) is 8.35. The van der Waals surface area contributed by atoms with Crippen LogP contribution in [0.25, 0.3) is 0 Å². The highest BCUT2D eigenvalue weighted by Gasteiger charge is 2.26. The third-order valence-electron chi connectivity index (χ3n) is 4.81. The summed E-state index contributed by atoms with van der Waals surface area (Å²) in [4.78, 5) is 21.3. The van der Waals surface area contributed by atoms with Crippen LogP contribution in [0.15, 0.2) is 42.7 Å². The maximum absolute atomic E-state index is 12.8. The Hall–Kier alpha value is -1.53. The van der Waals surface area contributed by atoms with E-state index in [-0.39, 0.29) is 43.1 Å². The molecule has 0 saturated carbocycles. The number of carbonyl (C=O) groups excluding carboxylic acids is 1. The highest BCUT2D eigenvalue weighted by Crippen LogP contribution is 2.22. The molecule has 5 nitrogen and oxygen atoms in total. The van der Waals surface area contributed by atoms with Gasteiger partial charge >= 0.3 is 0 Å². The molecule has 1 aliphatic heterocycles. The van der Waals surface area contributed by atoms with Crippen LogP contribution < -0.4 is 5.73 Å². The van der Waals surface area contributed by atoms with E-state index in [1.807, 2.05) is 36.2 Å². The maximum Gasteiger partial charge on any atom is 0.254 e. The summed E-state index contributed by atoms with van der Waals surface area (Å²) < 4.78 is 0. The fourth-order valence-electron chi connectivity index (χ4n) is 3.19. The zero-order chi connectivity index (χ0) is 17.1. The molecule has 8 heteroatoms. The standard InChI is InChI=1S/C19H24N4O.3ClH/c1-14-5-6-17(20)12-18(14)19(24)23-10-8-22(9-11-23)15(2)16-4-3-7-21-13-16;;;/h3-7,12-13,15H,8-11,20H2,1-2H3;3*1H. The molecule has 2 aromatic rings. The molecule has 0 radical (unpaired) electrons. The van der Waals surface area contributed by atoms with E-state index in [0.717, 1.165) is 31.7 Å². The van der Waals surface area contributed by atoms with Gasteiger partial charge in [-0.15, -0.1) is 37.2 Å². The minimum absolute atomic E-state index is 0. The average Bonchev–Trinajstić information content (AvgIpc) is 2.63. The summed E-state index contributed by atoms with van der Waals surface area (Å²) in [5.41, 5.74) is 9.36. The normalized spacial score (nSPS) is 15.0. The molecular weight excluding hydrogens is 407 g/mol. The molecular formula is C19H27Cl3N4O. The number of nitrogen functional groups attached to an aromatic ring is 1. The Labute approximate surface area is 179 Å². The number of anilines is 1. The first-order valence-electron chi connectivity index (χ1n) is 8.35. The van der Waals surface area contributed by atoms with Gasteiger partial charge in [-0.2, -0.15) is 0 Å². The van der Waals surface area contributed by atoms with Crippen LogP contribution in [0, 0.1) is 6.92 Å². The first-order chi connectivity index (χ1) is 11.6. The highest BCUT2D eigenvalue weighted by molar-refractivity contribution is 5.96. The molecule has 1 aromatic carbocycles. The van der Waals surface area contributed by atoms with E-state index in [0.29, 0.717) is 17.3 Å². The molecule has 3 rings (SSSR count). The van der Waals surface area contributed by atoms with Crippen LogP contribution >= 0.6 is 37.2 Å². The fraction of sp³-hybridized carbons (Fsp3) is 0.368.